The number of thiocarbonyl (C=S) groups is 1. The van der Waals surface area contributed by atoms with Crippen LogP contribution in [0.4, 0.5) is 5.69 Å². The van der Waals surface area contributed by atoms with E-state index >= 15 is 0 Å². The molecule has 0 saturated carbocycles. The molecule has 0 bridgehead atoms. The van der Waals surface area contributed by atoms with Crippen LogP contribution < -0.4 is 0 Å². The second kappa shape index (κ2) is 7.35. The van der Waals surface area contributed by atoms with Gasteiger partial charge in [-0.3, -0.25) is 0 Å². The van der Waals surface area contributed by atoms with Crippen LogP contribution in [-0.4, -0.2) is 5.16 Å². The molecule has 0 spiro atoms. The van der Waals surface area contributed by atoms with Crippen LogP contribution in [0.1, 0.15) is 33.7 Å². The summed E-state index contributed by atoms with van der Waals surface area (Å²) < 4.78 is 0. The van der Waals surface area contributed by atoms with Gasteiger partial charge in [0.05, 0.1) is 10.8 Å². The molecule has 0 radical (unpaired) electrons. The fourth-order valence-corrected chi connectivity index (χ4v) is 3.05. The van der Waals surface area contributed by atoms with Gasteiger partial charge >= 0.3 is 0 Å². The van der Waals surface area contributed by atoms with Crippen LogP contribution in [0, 0.1) is 13.8 Å². The van der Waals surface area contributed by atoms with E-state index in [-0.39, 0.29) is 5.92 Å². The molecule has 0 aliphatic carbocycles. The Kier molecular flexibility index (Phi) is 5.00. The van der Waals surface area contributed by atoms with Crippen molar-refractivity contribution in [2.75, 3.05) is 0 Å². The second-order valence-corrected chi connectivity index (χ2v) is 6.20. The third kappa shape index (κ3) is 3.51. The highest BCUT2D eigenvalue weighted by Crippen LogP contribution is 2.37. The Hall–Kier alpha value is -2.54. The number of hydrogen-bond donors (Lipinski definition) is 0. The number of para-hydroxylation sites is 1. The fourth-order valence-electron chi connectivity index (χ4n) is 2.95. The van der Waals surface area contributed by atoms with E-state index in [0.29, 0.717) is 0 Å². The van der Waals surface area contributed by atoms with Gasteiger partial charge in [-0.1, -0.05) is 77.9 Å². The van der Waals surface area contributed by atoms with Crippen molar-refractivity contribution in [2.45, 2.75) is 19.8 Å². The Morgan fingerprint density at radius 3 is 1.75 bits per heavy atom. The van der Waals surface area contributed by atoms with E-state index in [2.05, 4.69) is 78.6 Å². The summed E-state index contributed by atoms with van der Waals surface area (Å²) in [7, 11) is 0. The zero-order valence-electron chi connectivity index (χ0n) is 13.9. The van der Waals surface area contributed by atoms with E-state index < -0.39 is 0 Å². The van der Waals surface area contributed by atoms with Crippen LogP contribution in [0.5, 0.6) is 0 Å². The molecule has 0 atom stereocenters. The highest BCUT2D eigenvalue weighted by atomic mass is 32.1. The van der Waals surface area contributed by atoms with Gasteiger partial charge in [0.25, 0.3) is 0 Å². The van der Waals surface area contributed by atoms with Crippen molar-refractivity contribution >= 4 is 23.1 Å². The summed E-state index contributed by atoms with van der Waals surface area (Å²) in [4.78, 5) is 4.28. The summed E-state index contributed by atoms with van der Waals surface area (Å²) in [6, 6.07) is 25.5. The quantitative estimate of drug-likeness (QED) is 0.314. The Bertz CT molecular complexity index is 827. The number of nitrogens with zero attached hydrogens (tertiary/aromatic N) is 1. The fraction of sp³-hybridized carbons (Fsp3) is 0.136. The number of rotatable bonds is 4. The van der Waals surface area contributed by atoms with Gasteiger partial charge in [-0.05, 0) is 48.8 Å². The summed E-state index contributed by atoms with van der Waals surface area (Å²) >= 11 is 4.83. The first-order valence-corrected chi connectivity index (χ1v) is 8.40. The summed E-state index contributed by atoms with van der Waals surface area (Å²) in [6.07, 6.45) is 0. The van der Waals surface area contributed by atoms with E-state index in [1.54, 1.807) is 0 Å². The average Bonchev–Trinajstić information content (AvgIpc) is 2.60. The maximum Gasteiger partial charge on any atom is 0.0781 e. The van der Waals surface area contributed by atoms with Crippen molar-refractivity contribution < 1.29 is 0 Å². The molecular formula is C22H19NS. The van der Waals surface area contributed by atoms with Gasteiger partial charge < -0.3 is 0 Å². The van der Waals surface area contributed by atoms with Crippen LogP contribution in [0.15, 0.2) is 77.8 Å². The van der Waals surface area contributed by atoms with Gasteiger partial charge in [-0.15, -0.1) is 0 Å². The Balaban J connectivity index is 2.20. The van der Waals surface area contributed by atoms with Crippen LogP contribution in [0.25, 0.3) is 0 Å². The van der Waals surface area contributed by atoms with Gasteiger partial charge in [0.2, 0.25) is 0 Å². The molecule has 0 saturated heterocycles. The third-order valence-corrected chi connectivity index (χ3v) is 4.33. The molecule has 0 unspecified atom stereocenters. The van der Waals surface area contributed by atoms with Gasteiger partial charge in [0.15, 0.2) is 0 Å². The number of aliphatic imine (C=N–C) groups is 1. The van der Waals surface area contributed by atoms with Gasteiger partial charge in [0.1, 0.15) is 0 Å². The monoisotopic (exact) mass is 329 g/mol. The largest absolute Gasteiger partial charge is 0.194 e. The lowest BCUT2D eigenvalue weighted by molar-refractivity contribution is 0.974. The topological polar surface area (TPSA) is 12.4 Å². The zero-order valence-corrected chi connectivity index (χ0v) is 14.7. The van der Waals surface area contributed by atoms with Crippen LogP contribution >= 0.6 is 12.2 Å². The van der Waals surface area contributed by atoms with Crippen LogP contribution in [0.2, 0.25) is 0 Å². The van der Waals surface area contributed by atoms with Crippen molar-refractivity contribution in [1.29, 1.82) is 0 Å². The SMILES string of the molecule is Cc1ccc(C(c2ccc(C)cc2)c2ccccc2N=C=S)cc1. The maximum atomic E-state index is 4.83. The molecule has 0 amide bonds. The molecule has 118 valence electrons. The maximum absolute atomic E-state index is 4.83. The lowest BCUT2D eigenvalue weighted by atomic mass is 9.84. The molecule has 0 aromatic heterocycles. The van der Waals surface area contributed by atoms with Crippen LogP contribution in [0.3, 0.4) is 0 Å². The number of aryl methyl sites for hydroxylation is 2. The van der Waals surface area contributed by atoms with E-state index in [1.807, 2.05) is 18.2 Å². The predicted octanol–water partition coefficient (Wildman–Crippen LogP) is 6.22. The standard InChI is InChI=1S/C22H19NS/c1-16-7-11-18(12-8-16)22(19-13-9-17(2)10-14-19)20-5-3-4-6-21(20)23-15-24/h3-14,22H,1-2H3. The summed E-state index contributed by atoms with van der Waals surface area (Å²) in [5, 5.41) is 2.51. The Morgan fingerprint density at radius 2 is 1.25 bits per heavy atom. The first kappa shape index (κ1) is 16.3. The minimum absolute atomic E-state index is 0.120. The average molecular weight is 329 g/mol. The number of benzene rings is 3. The van der Waals surface area contributed by atoms with Crippen molar-refractivity contribution in [1.82, 2.24) is 0 Å². The smallest absolute Gasteiger partial charge is 0.0781 e. The summed E-state index contributed by atoms with van der Waals surface area (Å²) in [5.74, 6) is 0.120. The second-order valence-electron chi connectivity index (χ2n) is 6.02. The highest BCUT2D eigenvalue weighted by molar-refractivity contribution is 7.78. The number of isothiocyanates is 1. The Labute approximate surface area is 148 Å². The molecule has 0 heterocycles. The highest BCUT2D eigenvalue weighted by Gasteiger charge is 2.19. The van der Waals surface area contributed by atoms with Crippen molar-refractivity contribution in [2.24, 2.45) is 4.99 Å². The van der Waals surface area contributed by atoms with E-state index in [9.17, 15) is 0 Å². The molecule has 0 aliphatic heterocycles. The van der Waals surface area contributed by atoms with Crippen molar-refractivity contribution in [3.05, 3.63) is 101 Å². The molecular weight excluding hydrogens is 310 g/mol. The lowest BCUT2D eigenvalue weighted by Crippen LogP contribution is -2.04. The summed E-state index contributed by atoms with van der Waals surface area (Å²) in [5.41, 5.74) is 7.02. The molecule has 3 aromatic rings. The van der Waals surface area contributed by atoms with E-state index in [4.69, 9.17) is 12.2 Å². The first-order valence-electron chi connectivity index (χ1n) is 7.99. The molecule has 0 aliphatic rings. The Morgan fingerprint density at radius 1 is 0.750 bits per heavy atom. The number of hydrogen-bond acceptors (Lipinski definition) is 2. The minimum atomic E-state index is 0.120. The van der Waals surface area contributed by atoms with Crippen molar-refractivity contribution in [3.8, 4) is 0 Å². The van der Waals surface area contributed by atoms with E-state index in [1.165, 1.54) is 22.3 Å². The first-order chi connectivity index (χ1) is 11.7. The predicted molar refractivity (Wildman–Crippen MR) is 104 cm³/mol. The lowest BCUT2D eigenvalue weighted by Gasteiger charge is -2.20. The molecule has 3 rings (SSSR count). The minimum Gasteiger partial charge on any atom is -0.194 e. The van der Waals surface area contributed by atoms with Gasteiger partial charge in [0, 0.05) is 5.92 Å². The zero-order chi connectivity index (χ0) is 16.9. The van der Waals surface area contributed by atoms with Gasteiger partial charge in [-0.2, -0.15) is 4.99 Å². The van der Waals surface area contributed by atoms with Crippen molar-refractivity contribution in [3.63, 3.8) is 0 Å². The third-order valence-electron chi connectivity index (χ3n) is 4.24. The molecule has 24 heavy (non-hydrogen) atoms. The summed E-state index contributed by atoms with van der Waals surface area (Å²) in [6.45, 7) is 4.21. The molecule has 1 nitrogen and oxygen atoms in total. The van der Waals surface area contributed by atoms with Gasteiger partial charge in [-0.25, -0.2) is 0 Å². The molecule has 0 fully saturated rings. The molecule has 0 N–H and O–H groups in total. The van der Waals surface area contributed by atoms with E-state index in [0.717, 1.165) is 11.3 Å². The molecule has 2 heteroatoms. The normalized spacial score (nSPS) is 10.5. The van der Waals surface area contributed by atoms with Crippen LogP contribution in [-0.2, 0) is 0 Å². The molecule has 3 aromatic carbocycles.